The molecule has 0 bridgehead atoms. The van der Waals surface area contributed by atoms with Crippen LogP contribution in [0.1, 0.15) is 5.69 Å². The van der Waals surface area contributed by atoms with Crippen LogP contribution in [0.25, 0.3) is 10.8 Å². The van der Waals surface area contributed by atoms with Crippen LogP contribution in [0.15, 0.2) is 94.1 Å². The number of ether oxygens (including phenoxy) is 1. The summed E-state index contributed by atoms with van der Waals surface area (Å²) in [7, 11) is -4.49. The maximum absolute atomic E-state index is 11.9. The normalized spacial score (nSPS) is 11.4. The molecular formula is C22H19N4NaO4S. The van der Waals surface area contributed by atoms with Crippen LogP contribution < -0.4 is 10.5 Å². The van der Waals surface area contributed by atoms with Crippen molar-refractivity contribution in [3.63, 3.8) is 0 Å². The van der Waals surface area contributed by atoms with Crippen molar-refractivity contribution < 1.29 is 17.7 Å². The quantitative estimate of drug-likeness (QED) is 0.191. The summed E-state index contributed by atoms with van der Waals surface area (Å²) in [6.45, 7) is 0.248. The van der Waals surface area contributed by atoms with Gasteiger partial charge in [-0.1, -0.05) is 42.5 Å². The first kappa shape index (κ1) is 23.8. The average molecular weight is 458 g/mol. The Bertz CT molecular complexity index is 1380. The third-order valence-corrected chi connectivity index (χ3v) is 5.43. The van der Waals surface area contributed by atoms with E-state index >= 15 is 0 Å². The molecule has 32 heavy (non-hydrogen) atoms. The van der Waals surface area contributed by atoms with E-state index in [-0.39, 0.29) is 52.4 Å². The molecule has 0 spiro atoms. The van der Waals surface area contributed by atoms with Crippen molar-refractivity contribution in [2.75, 3.05) is 5.73 Å². The van der Waals surface area contributed by atoms with Gasteiger partial charge >= 0.3 is 29.6 Å². The Hall–Kier alpha value is -2.82. The summed E-state index contributed by atoms with van der Waals surface area (Å²) in [6.07, 6.45) is 1.68. The van der Waals surface area contributed by atoms with Gasteiger partial charge in [-0.15, -0.1) is 10.2 Å². The average Bonchev–Trinajstić information content (AvgIpc) is 2.78. The van der Waals surface area contributed by atoms with E-state index < -0.39 is 10.1 Å². The van der Waals surface area contributed by atoms with E-state index in [9.17, 15) is 13.0 Å². The van der Waals surface area contributed by atoms with Crippen LogP contribution in [-0.2, 0) is 16.7 Å². The van der Waals surface area contributed by atoms with Gasteiger partial charge < -0.3 is 10.5 Å². The molecule has 10 heteroatoms. The molecule has 0 radical (unpaired) electrons. The fourth-order valence-electron chi connectivity index (χ4n) is 3.05. The minimum atomic E-state index is -4.49. The minimum absolute atomic E-state index is 0. The van der Waals surface area contributed by atoms with Crippen LogP contribution in [0.5, 0.6) is 5.75 Å². The van der Waals surface area contributed by atoms with E-state index in [0.717, 1.165) is 5.69 Å². The number of pyridine rings is 1. The van der Waals surface area contributed by atoms with E-state index in [1.807, 2.05) is 18.2 Å². The molecule has 1 heterocycles. The number of anilines is 1. The van der Waals surface area contributed by atoms with Gasteiger partial charge in [-0.3, -0.25) is 9.54 Å². The van der Waals surface area contributed by atoms with Crippen molar-refractivity contribution >= 4 is 67.5 Å². The van der Waals surface area contributed by atoms with Gasteiger partial charge in [0.15, 0.2) is 0 Å². The molecule has 8 nitrogen and oxygen atoms in total. The van der Waals surface area contributed by atoms with Crippen LogP contribution in [0.3, 0.4) is 0 Å². The first-order valence-corrected chi connectivity index (χ1v) is 10.7. The first-order chi connectivity index (χ1) is 14.9. The van der Waals surface area contributed by atoms with Crippen LogP contribution in [0.2, 0.25) is 0 Å². The van der Waals surface area contributed by atoms with Gasteiger partial charge in [-0.05, 0) is 30.3 Å². The molecule has 0 saturated carbocycles. The molecule has 0 aliphatic carbocycles. The Kier molecular flexibility index (Phi) is 7.60. The topological polar surface area (TPSA) is 127 Å². The van der Waals surface area contributed by atoms with Gasteiger partial charge in [0.05, 0.1) is 11.4 Å². The first-order valence-electron chi connectivity index (χ1n) is 9.25. The fraction of sp³-hybridized carbons (Fsp3) is 0.0455. The molecule has 0 aliphatic heterocycles. The van der Waals surface area contributed by atoms with E-state index in [4.69, 9.17) is 10.5 Å². The molecule has 3 N–H and O–H groups in total. The van der Waals surface area contributed by atoms with E-state index in [1.165, 1.54) is 6.07 Å². The van der Waals surface area contributed by atoms with Crippen molar-refractivity contribution in [1.29, 1.82) is 0 Å². The Balaban J connectivity index is 0.00000289. The summed E-state index contributed by atoms with van der Waals surface area (Å²) in [5, 5.41) is 9.10. The van der Waals surface area contributed by atoms with E-state index in [2.05, 4.69) is 15.2 Å². The number of rotatable bonds is 6. The molecule has 0 amide bonds. The number of para-hydroxylation sites is 1. The molecule has 3 aromatic carbocycles. The molecule has 4 aromatic rings. The number of hydrogen-bond acceptors (Lipinski definition) is 7. The molecule has 4 rings (SSSR count). The molecule has 0 atom stereocenters. The van der Waals surface area contributed by atoms with Crippen LogP contribution in [0.4, 0.5) is 17.1 Å². The van der Waals surface area contributed by atoms with Crippen molar-refractivity contribution in [2.45, 2.75) is 11.5 Å². The Morgan fingerprint density at radius 3 is 2.28 bits per heavy atom. The third kappa shape index (κ3) is 5.32. The Morgan fingerprint density at radius 1 is 0.906 bits per heavy atom. The Labute approximate surface area is 207 Å². The molecule has 1 aromatic heterocycles. The standard InChI is InChI=1S/C22H18N4O4S.Na.H/c23-22-17-9-2-1-8-16(17)21(31(27,28)29)13-19(22)26-25-18-10-3-4-11-20(18)30-14-15-7-5-6-12-24-15;;/h1-13H,14,23H2,(H,27,28,29);;/b26-25+;;. The van der Waals surface area contributed by atoms with E-state index in [0.29, 0.717) is 22.2 Å². The number of azo groups is 1. The number of benzene rings is 3. The van der Waals surface area contributed by atoms with Gasteiger partial charge in [0.2, 0.25) is 0 Å². The summed E-state index contributed by atoms with van der Waals surface area (Å²) in [5.74, 6) is 0.478. The zero-order valence-electron chi connectivity index (χ0n) is 16.2. The zero-order chi connectivity index (χ0) is 21.8. The van der Waals surface area contributed by atoms with Gasteiger partial charge in [-0.25, -0.2) is 0 Å². The predicted octanol–water partition coefficient (Wildman–Crippen LogP) is 4.41. The van der Waals surface area contributed by atoms with Crippen LogP contribution in [-0.4, -0.2) is 47.5 Å². The SMILES string of the molecule is Nc1c(/N=N/c2ccccc2OCc2ccccn2)cc(S(=O)(=O)O)c2ccccc12.[NaH]. The molecular weight excluding hydrogens is 439 g/mol. The van der Waals surface area contributed by atoms with Gasteiger partial charge in [0.25, 0.3) is 10.1 Å². The zero-order valence-corrected chi connectivity index (χ0v) is 17.0. The molecule has 0 saturated heterocycles. The van der Waals surface area contributed by atoms with E-state index in [1.54, 1.807) is 54.7 Å². The van der Waals surface area contributed by atoms with Crippen molar-refractivity contribution in [2.24, 2.45) is 10.2 Å². The number of nitrogen functional groups attached to an aromatic ring is 1. The number of nitrogens with two attached hydrogens (primary N) is 1. The Morgan fingerprint density at radius 2 is 1.56 bits per heavy atom. The van der Waals surface area contributed by atoms with Crippen LogP contribution in [0, 0.1) is 0 Å². The van der Waals surface area contributed by atoms with Gasteiger partial charge in [0.1, 0.15) is 28.6 Å². The third-order valence-electron chi connectivity index (χ3n) is 4.54. The summed E-state index contributed by atoms with van der Waals surface area (Å²) in [5.41, 5.74) is 7.75. The summed E-state index contributed by atoms with van der Waals surface area (Å²) in [4.78, 5) is 3.93. The fourth-order valence-corrected chi connectivity index (χ4v) is 3.77. The van der Waals surface area contributed by atoms with Gasteiger partial charge in [-0.2, -0.15) is 8.42 Å². The number of fused-ring (bicyclic) bond motifs is 1. The van der Waals surface area contributed by atoms with Crippen molar-refractivity contribution in [3.8, 4) is 5.75 Å². The second kappa shape index (κ2) is 10.2. The molecule has 0 aliphatic rings. The molecule has 0 fully saturated rings. The van der Waals surface area contributed by atoms with Gasteiger partial charge in [0, 0.05) is 17.0 Å². The second-order valence-corrected chi connectivity index (χ2v) is 8.00. The summed E-state index contributed by atoms with van der Waals surface area (Å²) >= 11 is 0. The summed E-state index contributed by atoms with van der Waals surface area (Å²) in [6, 6.07) is 20.4. The number of hydrogen-bond donors (Lipinski definition) is 2. The molecule has 0 unspecified atom stereocenters. The number of nitrogens with zero attached hydrogens (tertiary/aromatic N) is 3. The second-order valence-electron chi connectivity index (χ2n) is 6.61. The monoisotopic (exact) mass is 458 g/mol. The van der Waals surface area contributed by atoms with Crippen molar-refractivity contribution in [3.05, 3.63) is 84.7 Å². The van der Waals surface area contributed by atoms with Crippen LogP contribution >= 0.6 is 0 Å². The maximum atomic E-state index is 11.9. The predicted molar refractivity (Wildman–Crippen MR) is 125 cm³/mol. The number of aromatic nitrogens is 1. The summed E-state index contributed by atoms with van der Waals surface area (Å²) < 4.78 is 39.2. The van der Waals surface area contributed by atoms with Crippen molar-refractivity contribution in [1.82, 2.24) is 4.98 Å². The molecule has 158 valence electrons.